The van der Waals surface area contributed by atoms with Crippen LogP contribution < -0.4 is 11.1 Å². The van der Waals surface area contributed by atoms with E-state index in [1.165, 1.54) is 24.3 Å². The third-order valence-electron chi connectivity index (χ3n) is 4.23. The fourth-order valence-corrected chi connectivity index (χ4v) is 2.77. The van der Waals surface area contributed by atoms with Gasteiger partial charge >= 0.3 is 6.18 Å². The molecule has 0 fully saturated rings. The number of amides is 1. The number of carbonyl (C=O) groups excluding carboxylic acids is 1. The Hall–Kier alpha value is -3.99. The number of aliphatic hydroxyl groups excluding tert-OH is 1. The molecule has 0 bridgehead atoms. The topological polar surface area (TPSA) is 119 Å². The molecule has 8 nitrogen and oxygen atoms in total. The van der Waals surface area contributed by atoms with Crippen molar-refractivity contribution in [3.63, 3.8) is 0 Å². The van der Waals surface area contributed by atoms with Gasteiger partial charge in [-0.05, 0) is 35.9 Å². The zero-order valence-electron chi connectivity index (χ0n) is 16.6. The molecule has 0 saturated heterocycles. The molecule has 0 aliphatic rings. The Labute approximate surface area is 180 Å². The van der Waals surface area contributed by atoms with Gasteiger partial charge in [0, 0.05) is 31.2 Å². The second kappa shape index (κ2) is 9.88. The van der Waals surface area contributed by atoms with Gasteiger partial charge in [-0.15, -0.1) is 0 Å². The normalized spacial score (nSPS) is 12.3. The zero-order chi connectivity index (χ0) is 23.1. The van der Waals surface area contributed by atoms with Crippen LogP contribution in [0.2, 0.25) is 0 Å². The number of allylic oxidation sites excluding steroid dienone is 1. The predicted octanol–water partition coefficient (Wildman–Crippen LogP) is 2.35. The van der Waals surface area contributed by atoms with Gasteiger partial charge in [-0.2, -0.15) is 18.3 Å². The molecule has 0 atom stereocenters. The van der Waals surface area contributed by atoms with Gasteiger partial charge in [-0.3, -0.25) is 9.78 Å². The predicted molar refractivity (Wildman–Crippen MR) is 109 cm³/mol. The summed E-state index contributed by atoms with van der Waals surface area (Å²) in [5.41, 5.74) is 5.67. The Morgan fingerprint density at radius 3 is 2.66 bits per heavy atom. The van der Waals surface area contributed by atoms with Crippen LogP contribution in [0.1, 0.15) is 27.3 Å². The largest absolute Gasteiger partial charge is 0.433 e. The lowest BCUT2D eigenvalue weighted by Gasteiger charge is -2.10. The number of carbonyl (C=O) groups is 1. The summed E-state index contributed by atoms with van der Waals surface area (Å²) >= 11 is 0. The summed E-state index contributed by atoms with van der Waals surface area (Å²) in [6, 6.07) is 6.98. The summed E-state index contributed by atoms with van der Waals surface area (Å²) in [6.45, 7) is -0.238. The Kier molecular flexibility index (Phi) is 7.00. The van der Waals surface area contributed by atoms with E-state index in [0.29, 0.717) is 10.2 Å². The molecule has 3 aromatic heterocycles. The molecule has 11 heteroatoms. The van der Waals surface area contributed by atoms with E-state index >= 15 is 0 Å². The minimum Gasteiger partial charge on any atom is -0.403 e. The summed E-state index contributed by atoms with van der Waals surface area (Å²) < 4.78 is 41.4. The van der Waals surface area contributed by atoms with Crippen molar-refractivity contribution in [2.75, 3.05) is 6.61 Å². The van der Waals surface area contributed by atoms with Crippen LogP contribution in [-0.2, 0) is 12.6 Å². The second-order valence-corrected chi connectivity index (χ2v) is 6.53. The SMILES string of the molecule is N/C=C(\C=C/CO)NC(=O)c1ccc(-n2nc(Cc3cccnc3)cc2C(F)(F)F)nc1. The van der Waals surface area contributed by atoms with Crippen LogP contribution in [0.15, 0.2) is 73.0 Å². The summed E-state index contributed by atoms with van der Waals surface area (Å²) in [4.78, 5) is 20.2. The standard InChI is InChI=1S/C21H19F3N6O2/c22-21(23,24)18-10-17(9-14-3-1-7-26-12-14)29-30(18)19-6-5-15(13-27-19)20(32)28-16(11-25)4-2-8-31/h1-7,10-13,31H,8-9,25H2,(H,28,32)/b4-2-,16-11+. The maximum absolute atomic E-state index is 13.6. The van der Waals surface area contributed by atoms with Crippen molar-refractivity contribution in [2.24, 2.45) is 5.73 Å². The van der Waals surface area contributed by atoms with Crippen molar-refractivity contribution < 1.29 is 23.1 Å². The Balaban J connectivity index is 1.86. The molecule has 0 unspecified atom stereocenters. The molecule has 0 radical (unpaired) electrons. The number of nitrogens with two attached hydrogens (primary N) is 1. The quantitative estimate of drug-likeness (QED) is 0.482. The van der Waals surface area contributed by atoms with E-state index in [0.717, 1.165) is 18.5 Å². The molecule has 3 rings (SSSR count). The van der Waals surface area contributed by atoms with Crippen molar-refractivity contribution in [3.05, 3.63) is 95.5 Å². The molecule has 4 N–H and O–H groups in total. The number of nitrogens with zero attached hydrogens (tertiary/aromatic N) is 4. The molecule has 166 valence electrons. The summed E-state index contributed by atoms with van der Waals surface area (Å²) in [5, 5.41) is 15.4. The number of aromatic nitrogens is 4. The van der Waals surface area contributed by atoms with Crippen molar-refractivity contribution in [2.45, 2.75) is 12.6 Å². The molecule has 0 aliphatic carbocycles. The van der Waals surface area contributed by atoms with E-state index < -0.39 is 17.8 Å². The number of pyridine rings is 2. The van der Waals surface area contributed by atoms with E-state index in [1.807, 2.05) is 0 Å². The van der Waals surface area contributed by atoms with Crippen LogP contribution in [0.3, 0.4) is 0 Å². The van der Waals surface area contributed by atoms with E-state index in [1.54, 1.807) is 24.5 Å². The van der Waals surface area contributed by atoms with Crippen LogP contribution in [0, 0.1) is 0 Å². The first-order valence-corrected chi connectivity index (χ1v) is 9.34. The lowest BCUT2D eigenvalue weighted by Crippen LogP contribution is -2.23. The lowest BCUT2D eigenvalue weighted by molar-refractivity contribution is -0.142. The van der Waals surface area contributed by atoms with E-state index in [2.05, 4.69) is 20.4 Å². The fraction of sp³-hybridized carbons (Fsp3) is 0.143. The van der Waals surface area contributed by atoms with Crippen LogP contribution in [0.5, 0.6) is 0 Å². The first kappa shape index (κ1) is 22.7. The third kappa shape index (κ3) is 5.58. The number of halogens is 3. The number of hydrogen-bond donors (Lipinski definition) is 3. The minimum atomic E-state index is -4.65. The van der Waals surface area contributed by atoms with Crippen molar-refractivity contribution >= 4 is 5.91 Å². The van der Waals surface area contributed by atoms with Crippen LogP contribution in [-0.4, -0.2) is 37.4 Å². The number of nitrogens with one attached hydrogen (secondary N) is 1. The first-order valence-electron chi connectivity index (χ1n) is 9.34. The molecule has 3 aromatic rings. The molecule has 32 heavy (non-hydrogen) atoms. The van der Waals surface area contributed by atoms with Gasteiger partial charge in [0.1, 0.15) is 5.69 Å². The van der Waals surface area contributed by atoms with Gasteiger partial charge < -0.3 is 16.2 Å². The minimum absolute atomic E-state index is 0.0962. The highest BCUT2D eigenvalue weighted by molar-refractivity contribution is 5.95. The van der Waals surface area contributed by atoms with Crippen molar-refractivity contribution in [1.82, 2.24) is 25.1 Å². The average Bonchev–Trinajstić information content (AvgIpc) is 3.21. The van der Waals surface area contributed by atoms with Crippen molar-refractivity contribution in [3.8, 4) is 5.82 Å². The summed E-state index contributed by atoms with van der Waals surface area (Å²) in [5.74, 6) is -0.668. The zero-order valence-corrected chi connectivity index (χ0v) is 16.6. The van der Waals surface area contributed by atoms with Crippen LogP contribution in [0.25, 0.3) is 5.82 Å². The van der Waals surface area contributed by atoms with Crippen molar-refractivity contribution in [1.29, 1.82) is 0 Å². The summed E-state index contributed by atoms with van der Waals surface area (Å²) in [7, 11) is 0. The van der Waals surface area contributed by atoms with Crippen LogP contribution >= 0.6 is 0 Å². The number of aliphatic hydroxyl groups is 1. The van der Waals surface area contributed by atoms with Crippen LogP contribution in [0.4, 0.5) is 13.2 Å². The Bertz CT molecular complexity index is 1120. The fourth-order valence-electron chi connectivity index (χ4n) is 2.77. The molecule has 0 saturated carbocycles. The number of alkyl halides is 3. The first-order chi connectivity index (χ1) is 15.3. The third-order valence-corrected chi connectivity index (χ3v) is 4.23. The highest BCUT2D eigenvalue weighted by Gasteiger charge is 2.36. The number of hydrogen-bond acceptors (Lipinski definition) is 6. The maximum Gasteiger partial charge on any atom is 0.433 e. The van der Waals surface area contributed by atoms with E-state index in [4.69, 9.17) is 10.8 Å². The average molecular weight is 444 g/mol. The highest BCUT2D eigenvalue weighted by atomic mass is 19.4. The molecule has 3 heterocycles. The van der Waals surface area contributed by atoms with E-state index in [-0.39, 0.29) is 35.8 Å². The van der Waals surface area contributed by atoms with Gasteiger partial charge in [0.05, 0.1) is 23.6 Å². The van der Waals surface area contributed by atoms with E-state index in [9.17, 15) is 18.0 Å². The van der Waals surface area contributed by atoms with Gasteiger partial charge in [0.25, 0.3) is 5.91 Å². The summed E-state index contributed by atoms with van der Waals surface area (Å²) in [6.07, 6.45) is 3.68. The van der Waals surface area contributed by atoms with Gasteiger partial charge in [0.15, 0.2) is 5.82 Å². The second-order valence-electron chi connectivity index (χ2n) is 6.53. The number of rotatable bonds is 7. The molecule has 0 spiro atoms. The van der Waals surface area contributed by atoms with Gasteiger partial charge in [-0.25, -0.2) is 9.67 Å². The molecule has 1 amide bonds. The molecular weight excluding hydrogens is 425 g/mol. The van der Waals surface area contributed by atoms with Gasteiger partial charge in [-0.1, -0.05) is 12.1 Å². The lowest BCUT2D eigenvalue weighted by atomic mass is 10.1. The molecular formula is C21H19F3N6O2. The Morgan fingerprint density at radius 2 is 2.06 bits per heavy atom. The highest BCUT2D eigenvalue weighted by Crippen LogP contribution is 2.31. The monoisotopic (exact) mass is 444 g/mol. The smallest absolute Gasteiger partial charge is 0.403 e. The Morgan fingerprint density at radius 1 is 1.25 bits per heavy atom. The molecule has 0 aromatic carbocycles. The van der Waals surface area contributed by atoms with Gasteiger partial charge in [0.2, 0.25) is 0 Å². The molecule has 0 aliphatic heterocycles. The maximum atomic E-state index is 13.6.